The topological polar surface area (TPSA) is 100 Å². The van der Waals surface area contributed by atoms with E-state index in [4.69, 9.17) is 9.47 Å². The van der Waals surface area contributed by atoms with Crippen molar-refractivity contribution in [3.8, 4) is 0 Å². The molecule has 0 saturated carbocycles. The van der Waals surface area contributed by atoms with Gasteiger partial charge in [0.1, 0.15) is 0 Å². The summed E-state index contributed by atoms with van der Waals surface area (Å²) in [7, 11) is 0.251. The fourth-order valence-electron chi connectivity index (χ4n) is 4.17. The number of halogens is 1. The van der Waals surface area contributed by atoms with E-state index in [-0.39, 0.29) is 12.2 Å². The number of hydrogen-bond donors (Lipinski definition) is 2. The predicted molar refractivity (Wildman–Crippen MR) is 159 cm³/mol. The highest BCUT2D eigenvalue weighted by Gasteiger charge is 2.37. The highest BCUT2D eigenvalue weighted by molar-refractivity contribution is 9.10. The molecule has 1 aliphatic heterocycles. The predicted octanol–water partition coefficient (Wildman–Crippen LogP) is 5.21. The number of carbonyl (C=O) groups excluding carboxylic acids is 2. The van der Waals surface area contributed by atoms with Crippen molar-refractivity contribution in [3.05, 3.63) is 82.3 Å². The fourth-order valence-corrected chi connectivity index (χ4v) is 6.99. The maximum atomic E-state index is 15.0. The Morgan fingerprint density at radius 1 is 1.00 bits per heavy atom. The fraction of sp³-hybridized carbons (Fsp3) is 0.286. The van der Waals surface area contributed by atoms with Crippen LogP contribution in [0.4, 0.5) is 17.1 Å². The number of nitrogens with zero attached hydrogens (tertiary/aromatic N) is 2. The maximum absolute atomic E-state index is 15.0. The second-order valence-corrected chi connectivity index (χ2v) is 12.4. The minimum atomic E-state index is -3.51. The van der Waals surface area contributed by atoms with Gasteiger partial charge in [0.25, 0.3) is 13.4 Å². The van der Waals surface area contributed by atoms with Gasteiger partial charge in [-0.3, -0.25) is 9.36 Å². The third-order valence-electron chi connectivity index (χ3n) is 6.23. The molecule has 9 nitrogen and oxygen atoms in total. The number of esters is 1. The van der Waals surface area contributed by atoms with Gasteiger partial charge in [-0.2, -0.15) is 0 Å². The van der Waals surface area contributed by atoms with Crippen LogP contribution in [0.2, 0.25) is 0 Å². The van der Waals surface area contributed by atoms with Gasteiger partial charge in [-0.1, -0.05) is 15.9 Å². The summed E-state index contributed by atoms with van der Waals surface area (Å²) in [6.45, 7) is 3.80. The molecule has 206 valence electrons. The molecule has 1 fully saturated rings. The van der Waals surface area contributed by atoms with Crippen LogP contribution in [0.5, 0.6) is 0 Å². The summed E-state index contributed by atoms with van der Waals surface area (Å²) in [5.41, 5.74) is 2.64. The smallest absolute Gasteiger partial charge is 0.338 e. The van der Waals surface area contributed by atoms with E-state index in [0.29, 0.717) is 48.5 Å². The summed E-state index contributed by atoms with van der Waals surface area (Å²) in [5.74, 6) is -0.842. The summed E-state index contributed by atoms with van der Waals surface area (Å²) in [6.07, 6.45) is 0. The number of rotatable bonds is 9. The molecule has 1 saturated heterocycles. The first kappa shape index (κ1) is 28.8. The number of ether oxygens (including phenoxy) is 2. The molecule has 0 spiro atoms. The van der Waals surface area contributed by atoms with Crippen molar-refractivity contribution >= 4 is 57.6 Å². The number of nitrogens with one attached hydrogen (secondary N) is 2. The normalized spacial score (nSPS) is 15.2. The third-order valence-corrected chi connectivity index (χ3v) is 9.56. The van der Waals surface area contributed by atoms with Crippen molar-refractivity contribution in [1.29, 1.82) is 0 Å². The van der Waals surface area contributed by atoms with Crippen LogP contribution in [-0.2, 0) is 14.0 Å². The lowest BCUT2D eigenvalue weighted by atomic mass is 10.1. The third kappa shape index (κ3) is 6.89. The van der Waals surface area contributed by atoms with Crippen LogP contribution in [0.25, 0.3) is 0 Å². The summed E-state index contributed by atoms with van der Waals surface area (Å²) < 4.78 is 28.3. The molecular weight excluding hydrogens is 583 g/mol. The molecule has 1 aliphatic rings. The van der Waals surface area contributed by atoms with E-state index < -0.39 is 19.3 Å². The van der Waals surface area contributed by atoms with E-state index in [1.165, 1.54) is 0 Å². The highest BCUT2D eigenvalue weighted by atomic mass is 79.9. The zero-order valence-corrected chi connectivity index (χ0v) is 24.6. The molecule has 1 atom stereocenters. The Labute approximate surface area is 237 Å². The van der Waals surface area contributed by atoms with Gasteiger partial charge in [-0.05, 0) is 73.7 Å². The average molecular weight is 615 g/mol. The lowest BCUT2D eigenvalue weighted by Crippen LogP contribution is -2.40. The van der Waals surface area contributed by atoms with Crippen LogP contribution in [0, 0.1) is 0 Å². The van der Waals surface area contributed by atoms with Gasteiger partial charge in [0.15, 0.2) is 0 Å². The highest BCUT2D eigenvalue weighted by Crippen LogP contribution is 2.50. The Balaban J connectivity index is 1.73. The quantitative estimate of drug-likeness (QED) is 0.250. The first-order chi connectivity index (χ1) is 18.7. The molecule has 1 heterocycles. The van der Waals surface area contributed by atoms with Crippen molar-refractivity contribution in [2.45, 2.75) is 6.92 Å². The van der Waals surface area contributed by atoms with E-state index in [1.807, 2.05) is 54.0 Å². The van der Waals surface area contributed by atoms with Crippen LogP contribution in [-0.4, -0.2) is 63.6 Å². The van der Waals surface area contributed by atoms with Crippen molar-refractivity contribution in [3.63, 3.8) is 0 Å². The van der Waals surface area contributed by atoms with E-state index in [9.17, 15) is 14.2 Å². The molecule has 0 aliphatic carbocycles. The van der Waals surface area contributed by atoms with E-state index in [0.717, 1.165) is 10.2 Å². The first-order valence-electron chi connectivity index (χ1n) is 12.6. The summed E-state index contributed by atoms with van der Waals surface area (Å²) in [6, 6.07) is 19.3. The number of hydrogen-bond acceptors (Lipinski definition) is 6. The Hall–Kier alpha value is -3.17. The van der Waals surface area contributed by atoms with Crippen LogP contribution < -0.4 is 20.6 Å². The van der Waals surface area contributed by atoms with Crippen molar-refractivity contribution < 1.29 is 23.6 Å². The molecule has 3 aromatic rings. The average Bonchev–Trinajstić information content (AvgIpc) is 2.95. The zero-order valence-electron chi connectivity index (χ0n) is 22.1. The van der Waals surface area contributed by atoms with Gasteiger partial charge in [-0.15, -0.1) is 0 Å². The minimum absolute atomic E-state index is 0.278. The molecule has 39 heavy (non-hydrogen) atoms. The molecule has 0 aromatic heterocycles. The number of amides is 1. The Morgan fingerprint density at radius 3 is 2.26 bits per heavy atom. The summed E-state index contributed by atoms with van der Waals surface area (Å²) in [5, 5.41) is 6.57. The van der Waals surface area contributed by atoms with E-state index >= 15 is 0 Å². The lowest BCUT2D eigenvalue weighted by molar-refractivity contribution is 0.0526. The van der Waals surface area contributed by atoms with Gasteiger partial charge in [0.2, 0.25) is 0 Å². The number of benzene rings is 3. The largest absolute Gasteiger partial charge is 0.462 e. The number of carbonyl (C=O) groups is 2. The first-order valence-corrected chi connectivity index (χ1v) is 15.0. The second kappa shape index (κ2) is 12.8. The number of anilines is 3. The summed E-state index contributed by atoms with van der Waals surface area (Å²) in [4.78, 5) is 27.6. The Kier molecular flexibility index (Phi) is 9.45. The van der Waals surface area contributed by atoms with Crippen molar-refractivity contribution in [2.75, 3.05) is 62.3 Å². The zero-order chi connectivity index (χ0) is 28.0. The summed E-state index contributed by atoms with van der Waals surface area (Å²) >= 11 is 3.44. The lowest BCUT2D eigenvalue weighted by Gasteiger charge is -2.36. The van der Waals surface area contributed by atoms with Crippen molar-refractivity contribution in [2.24, 2.45) is 0 Å². The molecule has 0 unspecified atom stereocenters. The Bertz CT molecular complexity index is 1360. The Morgan fingerprint density at radius 2 is 1.64 bits per heavy atom. The van der Waals surface area contributed by atoms with E-state index in [1.54, 1.807) is 43.3 Å². The standard InChI is InChI=1S/C28H32BrN4O5P/c1-4-38-28(35)20-5-9-22(10-6-20)30-27(34)25-19-24(32(2)3)13-14-26(25)39(36,33-15-17-37-18-16-33)31-23-11-7-21(29)8-12-23/h5-14,19H,4,15-18H2,1-3H3,(H,30,34)(H,31,36)/t39-/m0/s1. The molecule has 11 heteroatoms. The van der Waals surface area contributed by atoms with Crippen molar-refractivity contribution in [1.82, 2.24) is 4.67 Å². The second-order valence-electron chi connectivity index (χ2n) is 9.11. The van der Waals surface area contributed by atoms with Crippen LogP contribution in [0.1, 0.15) is 27.6 Å². The van der Waals surface area contributed by atoms with Gasteiger partial charge in [-0.25, -0.2) is 9.46 Å². The van der Waals surface area contributed by atoms with Gasteiger partial charge < -0.3 is 24.8 Å². The number of morpholine rings is 1. The molecule has 3 aromatic carbocycles. The van der Waals surface area contributed by atoms with Crippen LogP contribution in [0.15, 0.2) is 71.2 Å². The molecule has 4 rings (SSSR count). The van der Waals surface area contributed by atoms with Crippen LogP contribution in [0.3, 0.4) is 0 Å². The molecular formula is C28H32BrN4O5P. The van der Waals surface area contributed by atoms with Gasteiger partial charge in [0.05, 0.1) is 36.3 Å². The SMILES string of the molecule is CCOC(=O)c1ccc(NC(=O)c2cc(N(C)C)ccc2[P@](=O)(Nc2ccc(Br)cc2)N2CCOCC2)cc1. The molecule has 0 radical (unpaired) electrons. The van der Waals surface area contributed by atoms with Gasteiger partial charge in [0, 0.05) is 48.7 Å². The van der Waals surface area contributed by atoms with Crippen LogP contribution >= 0.6 is 23.4 Å². The van der Waals surface area contributed by atoms with Gasteiger partial charge >= 0.3 is 5.97 Å². The maximum Gasteiger partial charge on any atom is 0.338 e. The van der Waals surface area contributed by atoms with E-state index in [2.05, 4.69) is 26.3 Å². The minimum Gasteiger partial charge on any atom is -0.462 e. The molecule has 0 bridgehead atoms. The monoisotopic (exact) mass is 614 g/mol. The molecule has 2 N–H and O–H groups in total. The molecule has 1 amide bonds.